The standard InChI is InChI=1S/C14H18O6/c1-8-4-12(20-3)9(6-11(8)19-2)5-10(14(17)18)7-13(15)16/h4,6,10H,5,7H2,1-3H3,(H,15,16)(H,17,18)/t10-/m0/s1. The summed E-state index contributed by atoms with van der Waals surface area (Å²) in [4.78, 5) is 21.8. The van der Waals surface area contributed by atoms with Crippen molar-refractivity contribution in [1.82, 2.24) is 0 Å². The van der Waals surface area contributed by atoms with Crippen LogP contribution >= 0.6 is 0 Å². The molecule has 110 valence electrons. The van der Waals surface area contributed by atoms with Gasteiger partial charge in [-0.1, -0.05) is 0 Å². The quantitative estimate of drug-likeness (QED) is 0.791. The number of carboxylic acid groups (broad SMARTS) is 2. The molecule has 0 aliphatic carbocycles. The number of aliphatic carboxylic acids is 2. The van der Waals surface area contributed by atoms with E-state index in [9.17, 15) is 9.59 Å². The van der Waals surface area contributed by atoms with Crippen molar-refractivity contribution in [2.45, 2.75) is 19.8 Å². The Kier molecular flexibility index (Phi) is 5.37. The second kappa shape index (κ2) is 6.79. The Morgan fingerprint density at radius 1 is 1.15 bits per heavy atom. The molecule has 0 bridgehead atoms. The zero-order chi connectivity index (χ0) is 15.3. The van der Waals surface area contributed by atoms with Gasteiger partial charge in [0, 0.05) is 0 Å². The number of hydrogen-bond acceptors (Lipinski definition) is 4. The van der Waals surface area contributed by atoms with Crippen molar-refractivity contribution in [3.05, 3.63) is 23.3 Å². The lowest BCUT2D eigenvalue weighted by Gasteiger charge is -2.15. The second-order valence-electron chi connectivity index (χ2n) is 4.47. The van der Waals surface area contributed by atoms with Crippen LogP contribution in [0.1, 0.15) is 17.5 Å². The van der Waals surface area contributed by atoms with Gasteiger partial charge in [-0.25, -0.2) is 0 Å². The van der Waals surface area contributed by atoms with Crippen molar-refractivity contribution in [2.24, 2.45) is 5.92 Å². The first-order valence-electron chi connectivity index (χ1n) is 6.05. The minimum Gasteiger partial charge on any atom is -0.496 e. The third-order valence-electron chi connectivity index (χ3n) is 3.03. The number of rotatable bonds is 7. The topological polar surface area (TPSA) is 93.1 Å². The van der Waals surface area contributed by atoms with Crippen molar-refractivity contribution >= 4 is 11.9 Å². The SMILES string of the molecule is COc1cc(C[C@@H](CC(=O)O)C(=O)O)c(OC)cc1C. The van der Waals surface area contributed by atoms with Gasteiger partial charge in [-0.2, -0.15) is 0 Å². The molecule has 1 rings (SSSR count). The van der Waals surface area contributed by atoms with E-state index in [0.29, 0.717) is 17.1 Å². The van der Waals surface area contributed by atoms with Crippen LogP contribution in [0.15, 0.2) is 12.1 Å². The highest BCUT2D eigenvalue weighted by Crippen LogP contribution is 2.30. The number of hydrogen-bond donors (Lipinski definition) is 2. The second-order valence-corrected chi connectivity index (χ2v) is 4.47. The summed E-state index contributed by atoms with van der Waals surface area (Å²) < 4.78 is 10.4. The molecule has 20 heavy (non-hydrogen) atoms. The van der Waals surface area contributed by atoms with Crippen LogP contribution in [0, 0.1) is 12.8 Å². The molecule has 0 radical (unpaired) electrons. The van der Waals surface area contributed by atoms with Gasteiger partial charge >= 0.3 is 11.9 Å². The van der Waals surface area contributed by atoms with Crippen LogP contribution in [0.25, 0.3) is 0 Å². The van der Waals surface area contributed by atoms with E-state index < -0.39 is 24.3 Å². The van der Waals surface area contributed by atoms with Crippen LogP contribution in [0.2, 0.25) is 0 Å². The van der Waals surface area contributed by atoms with Crippen molar-refractivity contribution in [2.75, 3.05) is 14.2 Å². The Bertz CT molecular complexity index is 509. The highest BCUT2D eigenvalue weighted by atomic mass is 16.5. The minimum atomic E-state index is -1.14. The lowest BCUT2D eigenvalue weighted by molar-refractivity contribution is -0.148. The molecule has 0 fully saturated rings. The molecule has 0 saturated carbocycles. The summed E-state index contributed by atoms with van der Waals surface area (Å²) in [6.07, 6.45) is -0.365. The van der Waals surface area contributed by atoms with Crippen LogP contribution in [0.3, 0.4) is 0 Å². The molecule has 6 heteroatoms. The van der Waals surface area contributed by atoms with Crippen molar-refractivity contribution < 1.29 is 29.3 Å². The molecular weight excluding hydrogens is 264 g/mol. The van der Waals surface area contributed by atoms with Gasteiger partial charge in [0.1, 0.15) is 11.5 Å². The summed E-state index contributed by atoms with van der Waals surface area (Å²) in [6.45, 7) is 1.84. The van der Waals surface area contributed by atoms with Gasteiger partial charge in [-0.3, -0.25) is 9.59 Å². The molecule has 0 spiro atoms. The molecule has 0 amide bonds. The summed E-state index contributed by atoms with van der Waals surface area (Å²) in [5.41, 5.74) is 1.47. The Hall–Kier alpha value is -2.24. The maximum Gasteiger partial charge on any atom is 0.307 e. The van der Waals surface area contributed by atoms with Crippen LogP contribution in [-0.4, -0.2) is 36.4 Å². The van der Waals surface area contributed by atoms with E-state index in [0.717, 1.165) is 5.56 Å². The van der Waals surface area contributed by atoms with Gasteiger partial charge < -0.3 is 19.7 Å². The number of aryl methyl sites for hydroxylation is 1. The van der Waals surface area contributed by atoms with Crippen LogP contribution in [0.4, 0.5) is 0 Å². The number of ether oxygens (including phenoxy) is 2. The lowest BCUT2D eigenvalue weighted by atomic mass is 9.94. The largest absolute Gasteiger partial charge is 0.496 e. The van der Waals surface area contributed by atoms with Gasteiger partial charge in [-0.05, 0) is 36.6 Å². The summed E-state index contributed by atoms with van der Waals surface area (Å²) in [7, 11) is 3.00. The highest BCUT2D eigenvalue weighted by molar-refractivity contribution is 5.78. The van der Waals surface area contributed by atoms with Crippen LogP contribution in [-0.2, 0) is 16.0 Å². The fourth-order valence-electron chi connectivity index (χ4n) is 2.00. The van der Waals surface area contributed by atoms with Crippen molar-refractivity contribution in [3.63, 3.8) is 0 Å². The Balaban J connectivity index is 3.10. The molecule has 0 saturated heterocycles. The first-order valence-corrected chi connectivity index (χ1v) is 6.05. The van der Waals surface area contributed by atoms with E-state index in [2.05, 4.69) is 0 Å². The fraction of sp³-hybridized carbons (Fsp3) is 0.429. The van der Waals surface area contributed by atoms with E-state index in [1.165, 1.54) is 14.2 Å². The molecule has 6 nitrogen and oxygen atoms in total. The zero-order valence-electron chi connectivity index (χ0n) is 11.7. The molecule has 0 aliphatic heterocycles. The summed E-state index contributed by atoms with van der Waals surface area (Å²) >= 11 is 0. The summed E-state index contributed by atoms with van der Waals surface area (Å²) in [5, 5.41) is 17.9. The molecule has 0 aliphatic rings. The third-order valence-corrected chi connectivity index (χ3v) is 3.03. The van der Waals surface area contributed by atoms with Crippen molar-refractivity contribution in [3.8, 4) is 11.5 Å². The highest BCUT2D eigenvalue weighted by Gasteiger charge is 2.23. The fourth-order valence-corrected chi connectivity index (χ4v) is 2.00. The third kappa shape index (κ3) is 3.88. The number of benzene rings is 1. The Labute approximate surface area is 116 Å². The van der Waals surface area contributed by atoms with Crippen LogP contribution in [0.5, 0.6) is 11.5 Å². The first kappa shape index (κ1) is 15.8. The van der Waals surface area contributed by atoms with Gasteiger partial charge in [0.15, 0.2) is 0 Å². The predicted molar refractivity (Wildman–Crippen MR) is 71.4 cm³/mol. The first-order chi connectivity index (χ1) is 9.38. The predicted octanol–water partition coefficient (Wildman–Crippen LogP) is 1.73. The van der Waals surface area contributed by atoms with E-state index in [-0.39, 0.29) is 6.42 Å². The maximum absolute atomic E-state index is 11.1. The van der Waals surface area contributed by atoms with Crippen molar-refractivity contribution in [1.29, 1.82) is 0 Å². The Morgan fingerprint density at radius 2 is 1.75 bits per heavy atom. The molecule has 0 unspecified atom stereocenters. The normalized spacial score (nSPS) is 11.8. The molecule has 0 aromatic heterocycles. The van der Waals surface area contributed by atoms with Gasteiger partial charge in [0.25, 0.3) is 0 Å². The zero-order valence-corrected chi connectivity index (χ0v) is 11.7. The van der Waals surface area contributed by atoms with Gasteiger partial charge in [-0.15, -0.1) is 0 Å². The lowest BCUT2D eigenvalue weighted by Crippen LogP contribution is -2.20. The van der Waals surface area contributed by atoms with Gasteiger partial charge in [0.05, 0.1) is 26.6 Å². The molecule has 1 atom stereocenters. The molecule has 2 N–H and O–H groups in total. The maximum atomic E-state index is 11.1. The average Bonchev–Trinajstić information content (AvgIpc) is 2.38. The smallest absolute Gasteiger partial charge is 0.307 e. The molecular formula is C14H18O6. The summed E-state index contributed by atoms with van der Waals surface area (Å²) in [6, 6.07) is 3.43. The molecule has 1 aromatic rings. The molecule has 0 heterocycles. The minimum absolute atomic E-state index is 0.0709. The monoisotopic (exact) mass is 282 g/mol. The Morgan fingerprint density at radius 3 is 2.20 bits per heavy atom. The van der Waals surface area contributed by atoms with E-state index >= 15 is 0 Å². The average molecular weight is 282 g/mol. The number of methoxy groups -OCH3 is 2. The van der Waals surface area contributed by atoms with E-state index in [1.807, 2.05) is 6.92 Å². The number of carboxylic acids is 2. The van der Waals surface area contributed by atoms with Crippen LogP contribution < -0.4 is 9.47 Å². The molecule has 1 aromatic carbocycles. The number of carbonyl (C=O) groups is 2. The van der Waals surface area contributed by atoms with Gasteiger partial charge in [0.2, 0.25) is 0 Å². The van der Waals surface area contributed by atoms with E-state index in [1.54, 1.807) is 12.1 Å². The van der Waals surface area contributed by atoms with E-state index in [4.69, 9.17) is 19.7 Å². The summed E-state index contributed by atoms with van der Waals surface area (Å²) in [5.74, 6) is -2.15.